The van der Waals surface area contributed by atoms with Gasteiger partial charge >= 0.3 is 27.5 Å². The number of aliphatic carboxylic acids is 2. The Morgan fingerprint density at radius 2 is 1.73 bits per heavy atom. The molecule has 0 amide bonds. The van der Waals surface area contributed by atoms with Crippen LogP contribution in [0.2, 0.25) is 0 Å². The van der Waals surface area contributed by atoms with Crippen LogP contribution >= 0.6 is 0 Å². The molecule has 0 saturated heterocycles. The molecule has 0 rings (SSSR count). The third-order valence-electron chi connectivity index (χ3n) is 0.632. The van der Waals surface area contributed by atoms with Crippen molar-refractivity contribution in [1.29, 1.82) is 0 Å². The van der Waals surface area contributed by atoms with E-state index in [4.69, 9.17) is 7.92 Å². The van der Waals surface area contributed by atoms with Crippen LogP contribution in [0.25, 0.3) is 0 Å². The first-order valence-corrected chi connectivity index (χ1v) is 3.33. The predicted molar refractivity (Wildman–Crippen MR) is 21.3 cm³/mol. The summed E-state index contributed by atoms with van der Waals surface area (Å²) in [7, 11) is 0. The Balaban J connectivity index is 0. The monoisotopic (exact) mass is 238 g/mol. The van der Waals surface area contributed by atoms with E-state index < -0.39 is 24.5 Å². The number of carbonyl (C=O) groups excluding carboxylic acids is 2. The summed E-state index contributed by atoms with van der Waals surface area (Å²) < 4.78 is 8.34. The van der Waals surface area contributed by atoms with Crippen LogP contribution in [0, 0.1) is 0 Å². The molecule has 0 aliphatic carbocycles. The van der Waals surface area contributed by atoms with E-state index in [0.29, 0.717) is 24.7 Å². The second kappa shape index (κ2) is 7.69. The SMILES string of the molecule is O=C([O-])CC(O)C(=O)[O-].[O]=[Zr+2]. The number of carboxylic acid groups (broad SMARTS) is 2. The molecule has 1 unspecified atom stereocenters. The molecule has 11 heavy (non-hydrogen) atoms. The normalized spacial score (nSPS) is 10.8. The van der Waals surface area contributed by atoms with Crippen molar-refractivity contribution in [1.82, 2.24) is 0 Å². The molecular weight excluding hydrogens is 235 g/mol. The second-order valence-electron chi connectivity index (χ2n) is 1.41. The van der Waals surface area contributed by atoms with E-state index in [-0.39, 0.29) is 0 Å². The van der Waals surface area contributed by atoms with E-state index in [1.807, 2.05) is 0 Å². The minimum absolute atomic E-state index is 0.300. The summed E-state index contributed by atoms with van der Waals surface area (Å²) in [5, 5.41) is 27.3. The molecule has 0 fully saturated rings. The average molecular weight is 239 g/mol. The Morgan fingerprint density at radius 3 is 1.82 bits per heavy atom. The minimum atomic E-state index is -1.96. The van der Waals surface area contributed by atoms with E-state index >= 15 is 0 Å². The molecule has 0 aliphatic heterocycles. The molecule has 0 heterocycles. The second-order valence-corrected chi connectivity index (χ2v) is 1.41. The van der Waals surface area contributed by atoms with Crippen LogP contribution in [0.5, 0.6) is 0 Å². The Kier molecular flexibility index (Phi) is 9.22. The van der Waals surface area contributed by atoms with Gasteiger partial charge < -0.3 is 24.9 Å². The molecule has 0 aliphatic rings. The van der Waals surface area contributed by atoms with Crippen molar-refractivity contribution >= 4 is 11.9 Å². The fourth-order valence-corrected chi connectivity index (χ4v) is 0.241. The van der Waals surface area contributed by atoms with Crippen LogP contribution < -0.4 is 10.2 Å². The first kappa shape index (κ1) is 13.2. The zero-order chi connectivity index (χ0) is 9.44. The molecule has 0 saturated carbocycles. The number of carboxylic acids is 2. The standard InChI is InChI=1S/C4H6O5.O.Zr/c5-2(4(8)9)1-3(6)7;;/h2,5H,1H2,(H,6,7)(H,8,9);;/q;;+2/p-2. The zero-order valence-corrected chi connectivity index (χ0v) is 7.73. The number of aliphatic hydroxyl groups excluding tert-OH is 1. The van der Waals surface area contributed by atoms with E-state index in [2.05, 4.69) is 0 Å². The van der Waals surface area contributed by atoms with Gasteiger partial charge in [-0.1, -0.05) is 0 Å². The van der Waals surface area contributed by atoms with Crippen LogP contribution in [0.4, 0.5) is 0 Å². The third-order valence-corrected chi connectivity index (χ3v) is 0.632. The van der Waals surface area contributed by atoms with Gasteiger partial charge in [-0.25, -0.2) is 0 Å². The Bertz CT molecular complexity index is 146. The average Bonchev–Trinajstić information content (AvgIpc) is 1.90. The van der Waals surface area contributed by atoms with E-state index in [9.17, 15) is 19.8 Å². The van der Waals surface area contributed by atoms with Crippen molar-refractivity contribution in [2.45, 2.75) is 12.5 Å². The summed E-state index contributed by atoms with van der Waals surface area (Å²) in [4.78, 5) is 19.1. The van der Waals surface area contributed by atoms with Gasteiger partial charge in [-0.2, -0.15) is 0 Å². The van der Waals surface area contributed by atoms with Crippen molar-refractivity contribution in [2.24, 2.45) is 0 Å². The summed E-state index contributed by atoms with van der Waals surface area (Å²) in [5.41, 5.74) is 0. The molecule has 0 bridgehead atoms. The van der Waals surface area contributed by atoms with Crippen LogP contribution in [-0.4, -0.2) is 23.1 Å². The van der Waals surface area contributed by atoms with Crippen LogP contribution in [-0.2, 0) is 37.1 Å². The molecule has 0 spiro atoms. The van der Waals surface area contributed by atoms with E-state index in [1.54, 1.807) is 0 Å². The summed E-state index contributed by atoms with van der Waals surface area (Å²) in [6, 6.07) is 0. The van der Waals surface area contributed by atoms with Gasteiger partial charge in [-0.3, -0.25) is 0 Å². The topological polar surface area (TPSA) is 118 Å². The van der Waals surface area contributed by atoms with Crippen LogP contribution in [0.3, 0.4) is 0 Å². The van der Waals surface area contributed by atoms with Crippen LogP contribution in [0.1, 0.15) is 6.42 Å². The van der Waals surface area contributed by atoms with Gasteiger partial charge in [-0.15, -0.1) is 0 Å². The number of hydrogen-bond acceptors (Lipinski definition) is 6. The number of hydrogen-bond donors (Lipinski definition) is 1. The maximum atomic E-state index is 9.58. The van der Waals surface area contributed by atoms with Gasteiger partial charge in [0, 0.05) is 12.4 Å². The molecule has 0 radical (unpaired) electrons. The summed E-state index contributed by atoms with van der Waals surface area (Å²) in [5.74, 6) is -3.43. The summed E-state index contributed by atoms with van der Waals surface area (Å²) >= 11 is 0.300. The number of carbonyl (C=O) groups is 2. The van der Waals surface area contributed by atoms with E-state index in [1.165, 1.54) is 0 Å². The van der Waals surface area contributed by atoms with Crippen molar-refractivity contribution in [3.8, 4) is 0 Å². The molecule has 0 aromatic rings. The molecule has 6 nitrogen and oxygen atoms in total. The van der Waals surface area contributed by atoms with Gasteiger partial charge in [0.15, 0.2) is 0 Å². The van der Waals surface area contributed by atoms with Gasteiger partial charge in [-0.05, 0) is 0 Å². The maximum absolute atomic E-state index is 9.58. The molecular formula is C4H4O6Zr. The van der Waals surface area contributed by atoms with Crippen molar-refractivity contribution < 1.29 is 52.4 Å². The quantitative estimate of drug-likeness (QED) is 0.538. The first-order chi connectivity index (χ1) is 5.04. The number of aliphatic hydroxyl groups is 1. The third kappa shape index (κ3) is 9.58. The summed E-state index contributed by atoms with van der Waals surface area (Å²) in [6.07, 6.45) is -2.89. The van der Waals surface area contributed by atoms with E-state index in [0.717, 1.165) is 0 Å². The first-order valence-electron chi connectivity index (χ1n) is 2.33. The Labute approximate surface area is 77.1 Å². The van der Waals surface area contributed by atoms with Gasteiger partial charge in [0.05, 0.1) is 12.1 Å². The fourth-order valence-electron chi connectivity index (χ4n) is 0.241. The van der Waals surface area contributed by atoms with Crippen molar-refractivity contribution in [3.05, 3.63) is 0 Å². The van der Waals surface area contributed by atoms with Crippen molar-refractivity contribution in [3.63, 3.8) is 0 Å². The molecule has 60 valence electrons. The Morgan fingerprint density at radius 1 is 1.36 bits per heavy atom. The van der Waals surface area contributed by atoms with Gasteiger partial charge in [0.2, 0.25) is 0 Å². The number of rotatable bonds is 3. The van der Waals surface area contributed by atoms with Crippen molar-refractivity contribution in [2.75, 3.05) is 0 Å². The summed E-state index contributed by atoms with van der Waals surface area (Å²) in [6.45, 7) is 0. The fraction of sp³-hybridized carbons (Fsp3) is 0.500. The molecule has 1 atom stereocenters. The van der Waals surface area contributed by atoms with Crippen LogP contribution in [0.15, 0.2) is 0 Å². The molecule has 1 N–H and O–H groups in total. The molecule has 0 aromatic carbocycles. The molecule has 7 heteroatoms. The zero-order valence-electron chi connectivity index (χ0n) is 5.27. The van der Waals surface area contributed by atoms with Gasteiger partial charge in [0.1, 0.15) is 0 Å². The molecule has 0 aromatic heterocycles. The predicted octanol–water partition coefficient (Wildman–Crippen LogP) is -3.88. The van der Waals surface area contributed by atoms with Gasteiger partial charge in [0.25, 0.3) is 0 Å². The Hall–Kier alpha value is -0.417.